The van der Waals surface area contributed by atoms with Gasteiger partial charge in [-0.05, 0) is 36.0 Å². The van der Waals surface area contributed by atoms with E-state index in [9.17, 15) is 0 Å². The lowest BCUT2D eigenvalue weighted by Gasteiger charge is -2.48. The molecule has 2 saturated heterocycles. The van der Waals surface area contributed by atoms with Crippen LogP contribution in [0.5, 0.6) is 0 Å². The zero-order chi connectivity index (χ0) is 8.58. The van der Waals surface area contributed by atoms with Crippen LogP contribution >= 0.6 is 0 Å². The van der Waals surface area contributed by atoms with Gasteiger partial charge in [0.15, 0.2) is 0 Å². The normalized spacial score (nSPS) is 67.6. The molecule has 6 bridgehead atoms. The van der Waals surface area contributed by atoms with Crippen molar-refractivity contribution < 1.29 is 9.47 Å². The molecule has 0 amide bonds. The van der Waals surface area contributed by atoms with E-state index < -0.39 is 0 Å². The first-order valence-electron chi connectivity index (χ1n) is 5.59. The molecule has 72 valence electrons. The SMILES string of the molecule is C[C@H]1[C@@H]2OC[C@@H]3[C@H]4CO[C@@H](C[C@@H]32)[C@@H]14. The van der Waals surface area contributed by atoms with Crippen LogP contribution in [0.4, 0.5) is 0 Å². The minimum absolute atomic E-state index is 0.587. The summed E-state index contributed by atoms with van der Waals surface area (Å²) in [6.45, 7) is 4.42. The minimum atomic E-state index is 0.587. The van der Waals surface area contributed by atoms with Gasteiger partial charge in [-0.1, -0.05) is 6.92 Å². The summed E-state index contributed by atoms with van der Waals surface area (Å²) in [5.41, 5.74) is 0. The van der Waals surface area contributed by atoms with Crippen molar-refractivity contribution in [3.8, 4) is 0 Å². The molecule has 13 heavy (non-hydrogen) atoms. The second-order valence-corrected chi connectivity index (χ2v) is 5.33. The highest BCUT2D eigenvalue weighted by atomic mass is 16.5. The lowest BCUT2D eigenvalue weighted by molar-refractivity contribution is -0.0676. The van der Waals surface area contributed by atoms with Gasteiger partial charge in [0.1, 0.15) is 0 Å². The Morgan fingerprint density at radius 2 is 1.85 bits per heavy atom. The van der Waals surface area contributed by atoms with Crippen molar-refractivity contribution in [3.63, 3.8) is 0 Å². The fourth-order valence-electron chi connectivity index (χ4n) is 4.59. The van der Waals surface area contributed by atoms with E-state index >= 15 is 0 Å². The largest absolute Gasteiger partial charge is 0.378 e. The van der Waals surface area contributed by atoms with Gasteiger partial charge in [0, 0.05) is 0 Å². The van der Waals surface area contributed by atoms with Gasteiger partial charge < -0.3 is 9.47 Å². The molecule has 0 aromatic carbocycles. The van der Waals surface area contributed by atoms with Crippen LogP contribution in [0.25, 0.3) is 0 Å². The molecule has 5 rings (SSSR count). The Bertz CT molecular complexity index is 250. The Morgan fingerprint density at radius 3 is 2.77 bits per heavy atom. The molecular formula is C11H16O2. The number of hydrogen-bond donors (Lipinski definition) is 0. The molecule has 5 aliphatic rings. The summed E-state index contributed by atoms with van der Waals surface area (Å²) in [5.74, 6) is 4.14. The van der Waals surface area contributed by atoms with E-state index in [1.54, 1.807) is 0 Å². The van der Waals surface area contributed by atoms with Crippen LogP contribution in [0, 0.1) is 29.6 Å². The highest BCUT2D eigenvalue weighted by Crippen LogP contribution is 2.59. The summed E-state index contributed by atoms with van der Waals surface area (Å²) in [5, 5.41) is 0. The summed E-state index contributed by atoms with van der Waals surface area (Å²) in [6, 6.07) is 0. The van der Waals surface area contributed by atoms with Crippen LogP contribution in [0.15, 0.2) is 0 Å². The monoisotopic (exact) mass is 180 g/mol. The van der Waals surface area contributed by atoms with Crippen LogP contribution in [-0.2, 0) is 9.47 Å². The van der Waals surface area contributed by atoms with Crippen LogP contribution in [0.3, 0.4) is 0 Å². The Balaban J connectivity index is 1.84. The molecule has 0 aromatic rings. The smallest absolute Gasteiger partial charge is 0.0637 e. The van der Waals surface area contributed by atoms with Crippen molar-refractivity contribution in [2.75, 3.05) is 13.2 Å². The molecule has 2 heterocycles. The molecular weight excluding hydrogens is 164 g/mol. The molecule has 0 aromatic heterocycles. The van der Waals surface area contributed by atoms with E-state index in [0.717, 1.165) is 42.8 Å². The average molecular weight is 180 g/mol. The molecule has 2 nitrogen and oxygen atoms in total. The fourth-order valence-corrected chi connectivity index (χ4v) is 4.59. The molecule has 3 aliphatic carbocycles. The van der Waals surface area contributed by atoms with E-state index in [4.69, 9.17) is 9.47 Å². The third-order valence-electron chi connectivity index (χ3n) is 5.06. The maximum Gasteiger partial charge on any atom is 0.0637 e. The van der Waals surface area contributed by atoms with Gasteiger partial charge in [-0.3, -0.25) is 0 Å². The van der Waals surface area contributed by atoms with Crippen LogP contribution in [-0.4, -0.2) is 25.4 Å². The van der Waals surface area contributed by atoms with Crippen molar-refractivity contribution in [3.05, 3.63) is 0 Å². The number of rotatable bonds is 0. The second kappa shape index (κ2) is 2.12. The van der Waals surface area contributed by atoms with Crippen molar-refractivity contribution in [1.82, 2.24) is 0 Å². The Labute approximate surface area is 78.6 Å². The predicted molar refractivity (Wildman–Crippen MR) is 47.2 cm³/mol. The summed E-state index contributed by atoms with van der Waals surface area (Å²) in [6.07, 6.45) is 2.48. The summed E-state index contributed by atoms with van der Waals surface area (Å²) < 4.78 is 11.8. The molecule has 0 spiro atoms. The summed E-state index contributed by atoms with van der Waals surface area (Å²) >= 11 is 0. The zero-order valence-corrected chi connectivity index (χ0v) is 7.98. The van der Waals surface area contributed by atoms with Gasteiger partial charge >= 0.3 is 0 Å². The van der Waals surface area contributed by atoms with E-state index in [2.05, 4.69) is 6.92 Å². The van der Waals surface area contributed by atoms with E-state index in [0.29, 0.717) is 12.2 Å². The predicted octanol–water partition coefficient (Wildman–Crippen LogP) is 1.30. The lowest BCUT2D eigenvalue weighted by atomic mass is 9.55. The first-order chi connectivity index (χ1) is 6.36. The average Bonchev–Trinajstić information content (AvgIpc) is 2.65. The van der Waals surface area contributed by atoms with Gasteiger partial charge in [0.05, 0.1) is 25.4 Å². The molecule has 7 atom stereocenters. The Kier molecular flexibility index (Phi) is 1.18. The maximum absolute atomic E-state index is 5.92. The highest BCUT2D eigenvalue weighted by molar-refractivity contribution is 5.10. The fraction of sp³-hybridized carbons (Fsp3) is 1.00. The van der Waals surface area contributed by atoms with Gasteiger partial charge in [-0.2, -0.15) is 0 Å². The van der Waals surface area contributed by atoms with Gasteiger partial charge in [0.2, 0.25) is 0 Å². The first-order valence-corrected chi connectivity index (χ1v) is 5.59. The van der Waals surface area contributed by atoms with E-state index in [1.165, 1.54) is 6.42 Å². The maximum atomic E-state index is 5.92. The molecule has 2 aliphatic heterocycles. The second-order valence-electron chi connectivity index (χ2n) is 5.33. The third-order valence-corrected chi connectivity index (χ3v) is 5.06. The molecule has 0 unspecified atom stereocenters. The molecule has 0 radical (unpaired) electrons. The van der Waals surface area contributed by atoms with Crippen molar-refractivity contribution in [2.24, 2.45) is 29.6 Å². The number of ether oxygens (including phenoxy) is 2. The minimum Gasteiger partial charge on any atom is -0.378 e. The molecule has 2 heteroatoms. The standard InChI is InChI=1S/C11H16O2/c1-5-10-8-4-12-9(10)2-6-7(8)3-13-11(5)6/h5-11H,2-4H2,1H3/t5-,6+,7+,8-,9+,10+,11+/m1/s1. The number of hydrogen-bond acceptors (Lipinski definition) is 2. The van der Waals surface area contributed by atoms with Crippen LogP contribution < -0.4 is 0 Å². The van der Waals surface area contributed by atoms with Gasteiger partial charge in [-0.15, -0.1) is 0 Å². The molecule has 5 fully saturated rings. The first kappa shape index (κ1) is 7.24. The molecule has 0 N–H and O–H groups in total. The highest BCUT2D eigenvalue weighted by Gasteiger charge is 2.63. The van der Waals surface area contributed by atoms with Crippen molar-refractivity contribution in [1.29, 1.82) is 0 Å². The Morgan fingerprint density at radius 1 is 1.00 bits per heavy atom. The van der Waals surface area contributed by atoms with Crippen LogP contribution in [0.2, 0.25) is 0 Å². The quantitative estimate of drug-likeness (QED) is 0.559. The van der Waals surface area contributed by atoms with E-state index in [-0.39, 0.29) is 0 Å². The lowest BCUT2D eigenvalue weighted by Crippen LogP contribution is -2.51. The van der Waals surface area contributed by atoms with Gasteiger partial charge in [0.25, 0.3) is 0 Å². The van der Waals surface area contributed by atoms with Crippen molar-refractivity contribution >= 4 is 0 Å². The zero-order valence-electron chi connectivity index (χ0n) is 7.98. The molecule has 3 saturated carbocycles. The Hall–Kier alpha value is -0.0800. The van der Waals surface area contributed by atoms with Crippen molar-refractivity contribution in [2.45, 2.75) is 25.6 Å². The summed E-state index contributed by atoms with van der Waals surface area (Å²) in [4.78, 5) is 0. The van der Waals surface area contributed by atoms with Crippen LogP contribution in [0.1, 0.15) is 13.3 Å². The topological polar surface area (TPSA) is 18.5 Å². The summed E-state index contributed by atoms with van der Waals surface area (Å²) in [7, 11) is 0. The van der Waals surface area contributed by atoms with Gasteiger partial charge in [-0.25, -0.2) is 0 Å². The van der Waals surface area contributed by atoms with E-state index in [1.807, 2.05) is 0 Å². The third kappa shape index (κ3) is 0.668.